The first-order valence-electron chi connectivity index (χ1n) is 11.1. The summed E-state index contributed by atoms with van der Waals surface area (Å²) in [7, 11) is 0. The van der Waals surface area contributed by atoms with E-state index in [1.807, 2.05) is 5.48 Å². The van der Waals surface area contributed by atoms with Crippen molar-refractivity contribution in [1.29, 1.82) is 0 Å². The van der Waals surface area contributed by atoms with Gasteiger partial charge in [0.05, 0.1) is 16.4 Å². The minimum atomic E-state index is -1.38. The molecule has 2 aromatic rings. The van der Waals surface area contributed by atoms with Crippen LogP contribution in [0.15, 0.2) is 19.8 Å². The first-order valence-corrected chi connectivity index (χ1v) is 16.1. The van der Waals surface area contributed by atoms with Crippen LogP contribution >= 0.6 is 69.6 Å². The number of rotatable bonds is 12. The summed E-state index contributed by atoms with van der Waals surface area (Å²) < 4.78 is 0.814. The Bertz CT molecular complexity index is 1380. The second-order valence-electron chi connectivity index (χ2n) is 7.99. The monoisotopic (exact) mass is 666 g/mol. The minimum Gasteiger partial charge on any atom is -0.477 e. The summed E-state index contributed by atoms with van der Waals surface area (Å²) in [4.78, 5) is 52.0. The van der Waals surface area contributed by atoms with Gasteiger partial charge in [0, 0.05) is 22.2 Å². The predicted octanol–water partition coefficient (Wildman–Crippen LogP) is 0.432. The molecule has 0 radical (unpaired) electrons. The zero-order chi connectivity index (χ0) is 29.1. The van der Waals surface area contributed by atoms with Crippen molar-refractivity contribution in [2.75, 3.05) is 29.5 Å². The number of nitrogens with zero attached hydrogens (tertiary/aromatic N) is 4. The van der Waals surface area contributed by atoms with Crippen LogP contribution in [0.25, 0.3) is 0 Å². The molecule has 2 aromatic heterocycles. The van der Waals surface area contributed by atoms with Gasteiger partial charge in [-0.2, -0.15) is 17.2 Å². The summed E-state index contributed by atoms with van der Waals surface area (Å²) in [6, 6.07) is -2.41. The Morgan fingerprint density at radius 1 is 1.25 bits per heavy atom. The number of fused-ring (bicyclic) bond motifs is 1. The molecule has 40 heavy (non-hydrogen) atoms. The molecular formula is C19H23ClN10O5S5. The Morgan fingerprint density at radius 3 is 2.60 bits per heavy atom. The molecule has 216 valence electrons. The van der Waals surface area contributed by atoms with E-state index in [9.17, 15) is 24.7 Å². The van der Waals surface area contributed by atoms with E-state index in [0.29, 0.717) is 38.0 Å². The van der Waals surface area contributed by atoms with Crippen molar-refractivity contribution in [3.63, 3.8) is 0 Å². The fourth-order valence-corrected chi connectivity index (χ4v) is 9.32. The molecule has 15 nitrogen and oxygen atoms in total. The number of amides is 2. The molecule has 1 unspecified atom stereocenters. The molecule has 2 amide bonds. The molecule has 0 spiro atoms. The van der Waals surface area contributed by atoms with Gasteiger partial charge in [-0.15, -0.1) is 11.8 Å². The molecule has 0 aliphatic carbocycles. The van der Waals surface area contributed by atoms with Crippen molar-refractivity contribution < 1.29 is 24.7 Å². The number of carbonyl (C=O) groups excluding carboxylic acids is 2. The number of aromatic nitrogens is 2. The summed E-state index contributed by atoms with van der Waals surface area (Å²) in [5.41, 5.74) is 24.6. The first kappa shape index (κ1) is 30.5. The Morgan fingerprint density at radius 2 is 1.98 bits per heavy atom. The van der Waals surface area contributed by atoms with Crippen molar-refractivity contribution in [2.24, 2.45) is 16.5 Å². The van der Waals surface area contributed by atoms with E-state index < -0.39 is 35.2 Å². The summed E-state index contributed by atoms with van der Waals surface area (Å²) in [5, 5.41) is 21.9. The maximum Gasteiger partial charge on any atom is 0.353 e. The third-order valence-corrected chi connectivity index (χ3v) is 11.1. The number of guanidine groups is 1. The molecule has 2 aliphatic rings. The van der Waals surface area contributed by atoms with Crippen molar-refractivity contribution >= 4 is 104 Å². The van der Waals surface area contributed by atoms with Gasteiger partial charge in [0.2, 0.25) is 5.91 Å². The second-order valence-corrected chi connectivity index (χ2v) is 14.2. The molecule has 1 fully saturated rings. The summed E-state index contributed by atoms with van der Waals surface area (Å²) in [5.74, 6) is -1.25. The van der Waals surface area contributed by atoms with E-state index in [4.69, 9.17) is 34.5 Å². The van der Waals surface area contributed by atoms with E-state index in [-0.39, 0.29) is 32.6 Å². The molecule has 21 heteroatoms. The molecule has 4 rings (SSSR count). The van der Waals surface area contributed by atoms with Crippen molar-refractivity contribution in [3.8, 4) is 0 Å². The van der Waals surface area contributed by atoms with Gasteiger partial charge in [0.25, 0.3) is 5.91 Å². The van der Waals surface area contributed by atoms with E-state index in [1.54, 1.807) is 11.8 Å². The third kappa shape index (κ3) is 6.54. The van der Waals surface area contributed by atoms with Crippen LogP contribution in [0.2, 0.25) is 4.34 Å². The number of carbonyl (C=O) groups is 3. The number of aliphatic carboxylic acids is 1. The second kappa shape index (κ2) is 13.0. The number of nitrogens with one attached hydrogen (secondary N) is 2. The lowest BCUT2D eigenvalue weighted by Gasteiger charge is -2.49. The number of thiazole rings is 2. The highest BCUT2D eigenvalue weighted by Gasteiger charge is 2.55. The number of nitrogen functional groups attached to an aromatic ring is 2. The number of carboxylic acid groups (broad SMARTS) is 1. The topological polar surface area (TPSA) is 261 Å². The van der Waals surface area contributed by atoms with Gasteiger partial charge in [0.15, 0.2) is 22.3 Å². The number of nitrogens with two attached hydrogens (primary N) is 4. The summed E-state index contributed by atoms with van der Waals surface area (Å²) in [6.45, 7) is 0.441. The number of thioether (sulfide) groups is 3. The average molecular weight is 667 g/mol. The highest BCUT2D eigenvalue weighted by molar-refractivity contribution is 8.07. The van der Waals surface area contributed by atoms with Crippen LogP contribution in [-0.2, 0) is 20.1 Å². The highest BCUT2D eigenvalue weighted by atomic mass is 35.5. The average Bonchev–Trinajstić information content (AvgIpc) is 3.41. The number of aliphatic imine (C=N–C) groups is 1. The Kier molecular flexibility index (Phi) is 9.93. The molecule has 0 saturated carbocycles. The molecule has 4 heterocycles. The van der Waals surface area contributed by atoms with Crippen LogP contribution in [0.5, 0.6) is 0 Å². The number of anilines is 2. The standard InChI is InChI=1S/C19H23ClN10O5S5/c20-11-7(28-19(24)39-11)8(29-35)12(31)27-9-13(32)30-10(15(33)34)6(4-37-14(9)30)38-16-5(26-18(23)40-16)3-36-2-1-25-17(21)22/h8-9,14,29,35H,1-4H2,(H2,23,26)(H2,24,28)(H,27,31)(H,33,34)(H4,21,22,25)/t8?,9-,14+/m1/s1. The van der Waals surface area contributed by atoms with Gasteiger partial charge in [-0.05, 0) is 0 Å². The van der Waals surface area contributed by atoms with Gasteiger partial charge in [0.1, 0.15) is 27.1 Å². The predicted molar refractivity (Wildman–Crippen MR) is 158 cm³/mol. The molecule has 0 bridgehead atoms. The number of carboxylic acids is 1. The third-order valence-electron chi connectivity index (χ3n) is 5.39. The van der Waals surface area contributed by atoms with Crippen LogP contribution in [-0.4, -0.2) is 78.4 Å². The number of hydrogen-bond donors (Lipinski definition) is 8. The number of β-lactam (4-membered cyclic amide) rings is 1. The SMILES string of the molecule is NC(N)=NCCSCc1nc(N)sc1SC1=C(C(=O)O)N2C(=O)[C@@H](NC(=O)C(NO)c3nc(N)sc3Cl)[C@@H]2SC1. The van der Waals surface area contributed by atoms with Crippen LogP contribution in [0, 0.1) is 0 Å². The molecule has 2 aliphatic heterocycles. The maximum atomic E-state index is 13.1. The lowest BCUT2D eigenvalue weighted by atomic mass is 10.0. The molecule has 0 aromatic carbocycles. The zero-order valence-corrected chi connectivity index (χ0v) is 25.0. The van der Waals surface area contributed by atoms with Crippen LogP contribution in [0.3, 0.4) is 0 Å². The van der Waals surface area contributed by atoms with Crippen LogP contribution < -0.4 is 33.7 Å². The molecule has 1 saturated heterocycles. The van der Waals surface area contributed by atoms with E-state index >= 15 is 0 Å². The van der Waals surface area contributed by atoms with Gasteiger partial charge in [-0.1, -0.05) is 46.0 Å². The summed E-state index contributed by atoms with van der Waals surface area (Å²) >= 11 is 12.2. The van der Waals surface area contributed by atoms with Crippen molar-refractivity contribution in [1.82, 2.24) is 25.7 Å². The van der Waals surface area contributed by atoms with E-state index in [0.717, 1.165) is 16.2 Å². The van der Waals surface area contributed by atoms with Crippen molar-refractivity contribution in [2.45, 2.75) is 27.4 Å². The Labute approximate surface area is 252 Å². The largest absolute Gasteiger partial charge is 0.477 e. The molecule has 12 N–H and O–H groups in total. The number of halogens is 1. The highest BCUT2D eigenvalue weighted by Crippen LogP contribution is 2.47. The molecular weight excluding hydrogens is 644 g/mol. The normalized spacial score (nSPS) is 19.1. The maximum absolute atomic E-state index is 13.1. The lowest BCUT2D eigenvalue weighted by molar-refractivity contribution is -0.151. The quantitative estimate of drug-likeness (QED) is 0.0502. The fraction of sp³-hybridized carbons (Fsp3) is 0.368. The van der Waals surface area contributed by atoms with Gasteiger partial charge >= 0.3 is 5.97 Å². The van der Waals surface area contributed by atoms with Crippen molar-refractivity contribution in [3.05, 3.63) is 26.3 Å². The van der Waals surface area contributed by atoms with Crippen LogP contribution in [0.1, 0.15) is 17.4 Å². The van der Waals surface area contributed by atoms with Gasteiger partial charge in [-0.25, -0.2) is 14.8 Å². The van der Waals surface area contributed by atoms with Gasteiger partial charge < -0.3 is 38.6 Å². The number of hydrogen-bond acceptors (Lipinski definition) is 15. The van der Waals surface area contributed by atoms with Gasteiger partial charge in [-0.3, -0.25) is 19.5 Å². The summed E-state index contributed by atoms with van der Waals surface area (Å²) in [6.07, 6.45) is 0. The van der Waals surface area contributed by atoms with Crippen LogP contribution in [0.4, 0.5) is 10.3 Å². The first-order chi connectivity index (χ1) is 19.0. The minimum absolute atomic E-state index is 0.00272. The van der Waals surface area contributed by atoms with E-state index in [1.165, 1.54) is 34.9 Å². The van der Waals surface area contributed by atoms with E-state index in [2.05, 4.69) is 20.3 Å². The lowest BCUT2D eigenvalue weighted by Crippen LogP contribution is -2.71. The Hall–Kier alpha value is -2.46. The fourth-order valence-electron chi connectivity index (χ4n) is 3.70. The number of hydroxylamine groups is 1. The smallest absolute Gasteiger partial charge is 0.353 e. The zero-order valence-electron chi connectivity index (χ0n) is 20.2. The Balaban J connectivity index is 1.47. The molecule has 3 atom stereocenters.